The van der Waals surface area contributed by atoms with E-state index in [9.17, 15) is 41.8 Å². The minimum atomic E-state index is -4.66. The Labute approximate surface area is 600 Å². The molecule has 7 nitrogen and oxygen atoms in total. The third kappa shape index (κ3) is 40.0. The molecule has 0 atom stereocenters. The summed E-state index contributed by atoms with van der Waals surface area (Å²) in [4.78, 5) is 28.6. The number of rotatable bonds is 14. The quantitative estimate of drug-likeness (QED) is 0.124. The van der Waals surface area contributed by atoms with E-state index in [0.717, 1.165) is 49.8 Å². The summed E-state index contributed by atoms with van der Waals surface area (Å²) in [6.45, 7) is 12.1. The van der Waals surface area contributed by atoms with Crippen LogP contribution in [0.5, 0.6) is 11.5 Å². The van der Waals surface area contributed by atoms with Crippen molar-refractivity contribution in [3.05, 3.63) is 95.1 Å². The number of hydrogen-bond acceptors (Lipinski definition) is 5. The summed E-state index contributed by atoms with van der Waals surface area (Å²) >= 11 is 0. The molecule has 2 aliphatic heterocycles. The zero-order valence-electron chi connectivity index (χ0n) is 57.0. The smallest absolute Gasteiger partial charge is 0.416 e. The number of benzene rings is 3. The molecular formula is C90H65F5N2O5. The maximum atomic E-state index is 13.5. The highest BCUT2D eigenvalue weighted by Gasteiger charge is 2.37. The van der Waals surface area contributed by atoms with Crippen LogP contribution < -0.4 is 4.74 Å². The van der Waals surface area contributed by atoms with Crippen LogP contribution in [0.2, 0.25) is 0 Å². The molecule has 0 aromatic heterocycles. The molecule has 0 saturated carbocycles. The third-order valence-electron chi connectivity index (χ3n) is 14.2. The van der Waals surface area contributed by atoms with Crippen LogP contribution in [0.3, 0.4) is 0 Å². The summed E-state index contributed by atoms with van der Waals surface area (Å²) in [6.07, 6.45) is 17.9. The lowest BCUT2D eigenvalue weighted by Gasteiger charge is -2.40. The van der Waals surface area contributed by atoms with Gasteiger partial charge in [-0.3, -0.25) is 9.59 Å². The fourth-order valence-corrected chi connectivity index (χ4v) is 9.03. The fourth-order valence-electron chi connectivity index (χ4n) is 9.03. The highest BCUT2D eigenvalue weighted by molar-refractivity contribution is 5.79. The number of aliphatic hydroxyl groups is 2. The molecule has 0 radical (unpaired) electrons. The van der Waals surface area contributed by atoms with Crippen LogP contribution in [0.15, 0.2) is 66.7 Å². The van der Waals surface area contributed by atoms with Gasteiger partial charge in [-0.1, -0.05) is 71.4 Å². The van der Waals surface area contributed by atoms with Gasteiger partial charge in [0.05, 0.1) is 29.6 Å². The highest BCUT2D eigenvalue weighted by Crippen LogP contribution is 2.34. The van der Waals surface area contributed by atoms with Gasteiger partial charge in [-0.2, -0.15) is 13.2 Å². The maximum absolute atomic E-state index is 13.5. The average Bonchev–Trinajstić information content (AvgIpc) is 0.831. The van der Waals surface area contributed by atoms with Crippen molar-refractivity contribution in [3.8, 4) is 274 Å². The van der Waals surface area contributed by atoms with Crippen molar-refractivity contribution < 1.29 is 46.5 Å². The fraction of sp³-hybridized carbons (Fsp3) is 0.289. The number of alkyl halides is 3. The minimum Gasteiger partial charge on any atom is -0.457 e. The standard InChI is InChI=1S/C25H32FNO3.C23H4.C22H2.C20H27F4NO2/c1-3-19(4-2)18-25(29)12-14-27(15-13-25)24(28)17-20-6-5-7-23(16-20)30-22-10-8-21(26)9-11-22;1-3-5-7-9-11-13-15-17-19-21-23-22-20-18-16-14-12-10-8-6-4-2;1-3-5-7-9-11-13-15-17-19-21-22-20-18-16-14-12-10-8-6-4-2;1-3-14(4-2)13-19(27)5-7-25(8-6-19)18(26)11-15-9-16(20(22,23)24)12-17(21)10-15/h5-11,16,19,29H,3-4,12-15,17-18H2,1-2H3;1H,2H3;1-2H;9-10,12,14,27H,3-8,11,13H2,1-2H3. The van der Waals surface area contributed by atoms with Crippen LogP contribution in [0.4, 0.5) is 22.0 Å². The van der Waals surface area contributed by atoms with E-state index in [1.54, 1.807) is 24.0 Å². The second-order valence-corrected chi connectivity index (χ2v) is 21.2. The van der Waals surface area contributed by atoms with Gasteiger partial charge < -0.3 is 24.7 Å². The number of terminal acetylenes is 3. The molecule has 3 aromatic carbocycles. The Balaban J connectivity index is 0.000000467. The first-order valence-electron chi connectivity index (χ1n) is 31.5. The van der Waals surface area contributed by atoms with E-state index in [2.05, 4.69) is 270 Å². The normalized spacial score (nSPS) is 11.0. The molecular weight excluding hydrogens is 1280 g/mol. The number of amides is 2. The first-order valence-corrected chi connectivity index (χ1v) is 31.5. The summed E-state index contributed by atoms with van der Waals surface area (Å²) in [5, 5.41) is 21.7. The van der Waals surface area contributed by atoms with Crippen LogP contribution in [0.25, 0.3) is 0 Å². The lowest BCUT2D eigenvalue weighted by atomic mass is 9.81. The van der Waals surface area contributed by atoms with Crippen LogP contribution in [-0.4, -0.2) is 69.2 Å². The summed E-state index contributed by atoms with van der Waals surface area (Å²) in [5.74, 6) is 101. The monoisotopic (exact) mass is 1350 g/mol. The second kappa shape index (κ2) is 51.5. The van der Waals surface area contributed by atoms with E-state index in [-0.39, 0.29) is 29.6 Å². The topological polar surface area (TPSA) is 90.3 Å². The van der Waals surface area contributed by atoms with Gasteiger partial charge in [-0.05, 0) is 312 Å². The van der Waals surface area contributed by atoms with Crippen molar-refractivity contribution in [2.45, 2.75) is 129 Å². The van der Waals surface area contributed by atoms with Crippen molar-refractivity contribution in [3.63, 3.8) is 0 Å². The molecule has 2 fully saturated rings. The molecule has 102 heavy (non-hydrogen) atoms. The Kier molecular flexibility index (Phi) is 42.6. The van der Waals surface area contributed by atoms with Gasteiger partial charge >= 0.3 is 6.18 Å². The zero-order chi connectivity index (χ0) is 74.8. The lowest BCUT2D eigenvalue weighted by Crippen LogP contribution is -2.47. The molecule has 0 bridgehead atoms. The van der Waals surface area contributed by atoms with Gasteiger partial charge in [0.15, 0.2) is 0 Å². The Morgan fingerprint density at radius 2 is 0.745 bits per heavy atom. The number of halogens is 5. The minimum absolute atomic E-state index is 0.00481. The van der Waals surface area contributed by atoms with Gasteiger partial charge in [0.25, 0.3) is 0 Å². The van der Waals surface area contributed by atoms with Crippen molar-refractivity contribution in [1.82, 2.24) is 9.80 Å². The molecule has 2 amide bonds. The summed E-state index contributed by atoms with van der Waals surface area (Å²) in [6, 6.07) is 15.5. The zero-order valence-corrected chi connectivity index (χ0v) is 57.0. The van der Waals surface area contributed by atoms with E-state index >= 15 is 0 Å². The average molecular weight is 1350 g/mol. The lowest BCUT2D eigenvalue weighted by molar-refractivity contribution is -0.138. The summed E-state index contributed by atoms with van der Waals surface area (Å²) < 4.78 is 70.7. The first-order chi connectivity index (χ1) is 49.3. The molecule has 0 unspecified atom stereocenters. The van der Waals surface area contributed by atoms with E-state index in [4.69, 9.17) is 24.0 Å². The molecule has 0 aliphatic carbocycles. The number of likely N-dealkylation sites (tertiary alicyclic amines) is 2. The van der Waals surface area contributed by atoms with E-state index in [0.29, 0.717) is 94.1 Å². The molecule has 2 heterocycles. The Morgan fingerprint density at radius 3 is 1.05 bits per heavy atom. The largest absolute Gasteiger partial charge is 0.457 e. The molecule has 2 N–H and O–H groups in total. The molecule has 0 spiro atoms. The van der Waals surface area contributed by atoms with Crippen molar-refractivity contribution in [2.75, 3.05) is 26.2 Å². The Morgan fingerprint density at radius 1 is 0.431 bits per heavy atom. The molecule has 5 rings (SSSR count). The second-order valence-electron chi connectivity index (χ2n) is 21.2. The highest BCUT2D eigenvalue weighted by atomic mass is 19.4. The number of carbonyl (C=O) groups is 2. The number of ether oxygens (including phenoxy) is 1. The van der Waals surface area contributed by atoms with Gasteiger partial charge in [-0.25, -0.2) is 8.78 Å². The van der Waals surface area contributed by atoms with Gasteiger partial charge in [0, 0.05) is 73.5 Å². The first kappa shape index (κ1) is 84.4. The molecule has 2 saturated heterocycles. The van der Waals surface area contributed by atoms with Crippen molar-refractivity contribution in [1.29, 1.82) is 0 Å². The maximum Gasteiger partial charge on any atom is 0.416 e. The van der Waals surface area contributed by atoms with Crippen molar-refractivity contribution in [2.24, 2.45) is 11.8 Å². The number of hydrogen-bond donors (Lipinski definition) is 2. The number of carbonyl (C=O) groups excluding carboxylic acids is 2. The van der Waals surface area contributed by atoms with E-state index < -0.39 is 28.8 Å². The van der Waals surface area contributed by atoms with Crippen LogP contribution >= 0.6 is 0 Å². The SMILES string of the molecule is C#CC#CC#CC#CC#CC#CC#CC#CC#CC#CC#C.C#CC#CC#CC#CC#CC#CC#CC#CC#CC#CC#CC.CCC(CC)CC1(O)CCN(C(=O)Cc2cc(F)cc(C(F)(F)F)c2)CC1.CCC(CC)CC1(O)CCN(C(=O)Cc2cccc(Oc3ccc(F)cc3)c2)CC1. The molecule has 3 aromatic rings. The Bertz CT molecular complexity index is 4820. The number of nitrogens with zero attached hydrogens (tertiary/aromatic N) is 2. The predicted octanol–water partition coefficient (Wildman–Crippen LogP) is 10.9. The molecule has 2 aliphatic rings. The van der Waals surface area contributed by atoms with Gasteiger partial charge in [-0.15, -0.1) is 19.3 Å². The molecule has 12 heteroatoms. The van der Waals surface area contributed by atoms with Gasteiger partial charge in [0.2, 0.25) is 11.8 Å². The Hall–Kier alpha value is -13.7. The third-order valence-corrected chi connectivity index (χ3v) is 14.2. The van der Waals surface area contributed by atoms with Crippen LogP contribution in [0.1, 0.15) is 116 Å². The van der Waals surface area contributed by atoms with E-state index in [1.807, 2.05) is 29.2 Å². The van der Waals surface area contributed by atoms with Crippen LogP contribution in [0, 0.1) is 285 Å². The van der Waals surface area contributed by atoms with E-state index in [1.165, 1.54) is 12.1 Å². The van der Waals surface area contributed by atoms with Crippen molar-refractivity contribution >= 4 is 11.8 Å². The molecule has 500 valence electrons. The summed E-state index contributed by atoms with van der Waals surface area (Å²) in [7, 11) is 0. The van der Waals surface area contributed by atoms with Crippen LogP contribution in [-0.2, 0) is 28.6 Å². The van der Waals surface area contributed by atoms with Gasteiger partial charge in [0.1, 0.15) is 23.1 Å². The summed E-state index contributed by atoms with van der Waals surface area (Å²) in [5.41, 5.74) is -1.65. The number of piperidine rings is 2. The predicted molar refractivity (Wildman–Crippen MR) is 391 cm³/mol.